The Morgan fingerprint density at radius 1 is 1.38 bits per heavy atom. The van der Waals surface area contributed by atoms with Crippen LogP contribution in [0.15, 0.2) is 18.2 Å². The van der Waals surface area contributed by atoms with Gasteiger partial charge in [0.15, 0.2) is 0 Å². The van der Waals surface area contributed by atoms with E-state index < -0.39 is 0 Å². The summed E-state index contributed by atoms with van der Waals surface area (Å²) >= 11 is 0. The third-order valence-electron chi connectivity index (χ3n) is 2.96. The molecule has 0 spiro atoms. The number of rotatable bonds is 1. The zero-order valence-corrected chi connectivity index (χ0v) is 8.38. The van der Waals surface area contributed by atoms with Crippen molar-refractivity contribution in [2.45, 2.75) is 38.6 Å². The van der Waals surface area contributed by atoms with E-state index in [4.69, 9.17) is 5.73 Å². The van der Waals surface area contributed by atoms with E-state index in [1.54, 1.807) is 0 Å². The van der Waals surface area contributed by atoms with Crippen LogP contribution in [-0.4, -0.2) is 0 Å². The van der Waals surface area contributed by atoms with E-state index in [-0.39, 0.29) is 6.04 Å². The summed E-state index contributed by atoms with van der Waals surface area (Å²) in [5.74, 6) is 0.627. The van der Waals surface area contributed by atoms with Crippen molar-refractivity contribution in [3.63, 3.8) is 0 Å². The van der Waals surface area contributed by atoms with Crippen molar-refractivity contribution in [3.8, 4) is 0 Å². The maximum absolute atomic E-state index is 5.97. The lowest BCUT2D eigenvalue weighted by atomic mass is 9.98. The summed E-state index contributed by atoms with van der Waals surface area (Å²) < 4.78 is 0. The summed E-state index contributed by atoms with van der Waals surface area (Å²) in [4.78, 5) is 0. The van der Waals surface area contributed by atoms with Crippen molar-refractivity contribution in [3.05, 3.63) is 34.9 Å². The molecule has 0 saturated carbocycles. The van der Waals surface area contributed by atoms with Gasteiger partial charge < -0.3 is 5.73 Å². The van der Waals surface area contributed by atoms with E-state index in [0.717, 1.165) is 12.8 Å². The molecule has 2 rings (SSSR count). The number of benzene rings is 1. The predicted molar refractivity (Wildman–Crippen MR) is 55.8 cm³/mol. The first-order valence-corrected chi connectivity index (χ1v) is 5.07. The fourth-order valence-electron chi connectivity index (χ4n) is 2.03. The summed E-state index contributed by atoms with van der Waals surface area (Å²) in [5, 5.41) is 0. The van der Waals surface area contributed by atoms with Gasteiger partial charge in [0, 0.05) is 6.04 Å². The van der Waals surface area contributed by atoms with E-state index >= 15 is 0 Å². The minimum Gasteiger partial charge on any atom is -0.324 e. The van der Waals surface area contributed by atoms with Gasteiger partial charge in [-0.05, 0) is 35.4 Å². The molecule has 0 unspecified atom stereocenters. The van der Waals surface area contributed by atoms with Gasteiger partial charge >= 0.3 is 0 Å². The van der Waals surface area contributed by atoms with Crippen LogP contribution in [0.5, 0.6) is 0 Å². The Balaban J connectivity index is 2.40. The zero-order chi connectivity index (χ0) is 9.42. The number of aryl methyl sites for hydroxylation is 1. The third kappa shape index (κ3) is 1.49. The summed E-state index contributed by atoms with van der Waals surface area (Å²) in [6.07, 6.45) is 2.29. The number of hydrogen-bond donors (Lipinski definition) is 1. The topological polar surface area (TPSA) is 26.0 Å². The second kappa shape index (κ2) is 3.15. The molecule has 0 aromatic heterocycles. The van der Waals surface area contributed by atoms with Gasteiger partial charge in [0.05, 0.1) is 0 Å². The molecule has 0 heterocycles. The SMILES string of the molecule is CC(C)c1ccc2c(c1)CC[C@@H]2N. The molecule has 70 valence electrons. The van der Waals surface area contributed by atoms with E-state index in [1.165, 1.54) is 16.7 Å². The molecule has 1 heteroatoms. The highest BCUT2D eigenvalue weighted by atomic mass is 14.6. The summed E-state index contributed by atoms with van der Waals surface area (Å²) in [6.45, 7) is 4.47. The average molecular weight is 175 g/mol. The molecule has 1 aromatic carbocycles. The van der Waals surface area contributed by atoms with Crippen LogP contribution in [0.2, 0.25) is 0 Å². The van der Waals surface area contributed by atoms with Gasteiger partial charge in [-0.25, -0.2) is 0 Å². The van der Waals surface area contributed by atoms with E-state index in [0.29, 0.717) is 5.92 Å². The van der Waals surface area contributed by atoms with Gasteiger partial charge in [-0.2, -0.15) is 0 Å². The van der Waals surface area contributed by atoms with Crippen molar-refractivity contribution in [1.82, 2.24) is 0 Å². The largest absolute Gasteiger partial charge is 0.324 e. The van der Waals surface area contributed by atoms with Gasteiger partial charge in [-0.15, -0.1) is 0 Å². The number of hydrogen-bond acceptors (Lipinski definition) is 1. The molecule has 0 amide bonds. The second-order valence-corrected chi connectivity index (χ2v) is 4.26. The molecular weight excluding hydrogens is 158 g/mol. The fourth-order valence-corrected chi connectivity index (χ4v) is 2.03. The molecule has 0 bridgehead atoms. The van der Waals surface area contributed by atoms with Crippen LogP contribution < -0.4 is 5.73 Å². The maximum Gasteiger partial charge on any atom is 0.0300 e. The van der Waals surface area contributed by atoms with Crippen LogP contribution in [0.4, 0.5) is 0 Å². The summed E-state index contributed by atoms with van der Waals surface area (Å²) in [6, 6.07) is 7.04. The Bertz CT molecular complexity index is 315. The van der Waals surface area contributed by atoms with Crippen molar-refractivity contribution < 1.29 is 0 Å². The Morgan fingerprint density at radius 2 is 2.15 bits per heavy atom. The van der Waals surface area contributed by atoms with Crippen LogP contribution in [-0.2, 0) is 6.42 Å². The summed E-state index contributed by atoms with van der Waals surface area (Å²) in [5.41, 5.74) is 10.2. The van der Waals surface area contributed by atoms with Crippen LogP contribution in [0.3, 0.4) is 0 Å². The van der Waals surface area contributed by atoms with Crippen molar-refractivity contribution >= 4 is 0 Å². The maximum atomic E-state index is 5.97. The fraction of sp³-hybridized carbons (Fsp3) is 0.500. The molecule has 13 heavy (non-hydrogen) atoms. The molecule has 0 radical (unpaired) electrons. The summed E-state index contributed by atoms with van der Waals surface area (Å²) in [7, 11) is 0. The van der Waals surface area contributed by atoms with Gasteiger partial charge in [-0.1, -0.05) is 32.0 Å². The first-order valence-electron chi connectivity index (χ1n) is 5.07. The average Bonchev–Trinajstić information content (AvgIpc) is 2.47. The molecule has 1 nitrogen and oxygen atoms in total. The zero-order valence-electron chi connectivity index (χ0n) is 8.38. The van der Waals surface area contributed by atoms with Crippen molar-refractivity contribution in [1.29, 1.82) is 0 Å². The molecule has 1 aromatic rings. The monoisotopic (exact) mass is 175 g/mol. The highest BCUT2D eigenvalue weighted by Gasteiger charge is 2.18. The first kappa shape index (κ1) is 8.76. The Hall–Kier alpha value is -0.820. The Morgan fingerprint density at radius 3 is 2.85 bits per heavy atom. The molecule has 0 aliphatic heterocycles. The molecular formula is C12H17N. The normalized spacial score (nSPS) is 20.8. The van der Waals surface area contributed by atoms with Gasteiger partial charge in [0.2, 0.25) is 0 Å². The van der Waals surface area contributed by atoms with Gasteiger partial charge in [0.25, 0.3) is 0 Å². The molecule has 0 saturated heterocycles. The van der Waals surface area contributed by atoms with Crippen LogP contribution in [0, 0.1) is 0 Å². The highest BCUT2D eigenvalue weighted by molar-refractivity contribution is 5.38. The Labute approximate surface area is 80.0 Å². The minimum atomic E-state index is 0.288. The van der Waals surface area contributed by atoms with E-state index in [1.807, 2.05) is 0 Å². The number of nitrogens with two attached hydrogens (primary N) is 1. The lowest BCUT2D eigenvalue weighted by Crippen LogP contribution is -2.05. The van der Waals surface area contributed by atoms with E-state index in [9.17, 15) is 0 Å². The highest BCUT2D eigenvalue weighted by Crippen LogP contribution is 2.31. The van der Waals surface area contributed by atoms with Crippen LogP contribution >= 0.6 is 0 Å². The third-order valence-corrected chi connectivity index (χ3v) is 2.96. The number of fused-ring (bicyclic) bond motifs is 1. The van der Waals surface area contributed by atoms with Crippen molar-refractivity contribution in [2.24, 2.45) is 5.73 Å². The smallest absolute Gasteiger partial charge is 0.0300 e. The first-order chi connectivity index (χ1) is 6.18. The van der Waals surface area contributed by atoms with E-state index in [2.05, 4.69) is 32.0 Å². The Kier molecular flexibility index (Phi) is 2.12. The standard InChI is InChI=1S/C12H17N/c1-8(2)9-3-5-11-10(7-9)4-6-12(11)13/h3,5,7-8,12H,4,6,13H2,1-2H3/t12-/m0/s1. The molecule has 1 aliphatic carbocycles. The lowest BCUT2D eigenvalue weighted by Gasteiger charge is -2.09. The second-order valence-electron chi connectivity index (χ2n) is 4.26. The van der Waals surface area contributed by atoms with Gasteiger partial charge in [0.1, 0.15) is 0 Å². The quantitative estimate of drug-likeness (QED) is 0.697. The van der Waals surface area contributed by atoms with Gasteiger partial charge in [-0.3, -0.25) is 0 Å². The van der Waals surface area contributed by atoms with Crippen LogP contribution in [0.1, 0.15) is 48.9 Å². The predicted octanol–water partition coefficient (Wildman–Crippen LogP) is 2.76. The lowest BCUT2D eigenvalue weighted by molar-refractivity contribution is 0.713. The molecule has 2 N–H and O–H groups in total. The van der Waals surface area contributed by atoms with Crippen molar-refractivity contribution in [2.75, 3.05) is 0 Å². The molecule has 1 aliphatic rings. The van der Waals surface area contributed by atoms with Crippen LogP contribution in [0.25, 0.3) is 0 Å². The molecule has 1 atom stereocenters. The molecule has 0 fully saturated rings. The minimum absolute atomic E-state index is 0.288.